The number of hydrogen-bond acceptors (Lipinski definition) is 4. The van der Waals surface area contributed by atoms with Crippen LogP contribution in [0.3, 0.4) is 0 Å². The van der Waals surface area contributed by atoms with Gasteiger partial charge in [0.15, 0.2) is 0 Å². The predicted molar refractivity (Wildman–Crippen MR) is 133 cm³/mol. The lowest BCUT2D eigenvalue weighted by Gasteiger charge is -2.28. The summed E-state index contributed by atoms with van der Waals surface area (Å²) < 4.78 is 7.31. The molecule has 4 rings (SSSR count). The number of hydrogen-bond donors (Lipinski definition) is 0. The summed E-state index contributed by atoms with van der Waals surface area (Å²) in [5.74, 6) is 0.0573. The molecule has 180 valence electrons. The molecule has 1 aliphatic rings. The van der Waals surface area contributed by atoms with Crippen molar-refractivity contribution in [2.45, 2.75) is 71.4 Å². The molecule has 0 spiro atoms. The SMILES string of the molecule is CCOC(=O)CCCCCC(=O)N1CCc2c(n(CCCc3ccccc3)c3ncccc23)C1. The fourth-order valence-corrected chi connectivity index (χ4v) is 4.91. The lowest BCUT2D eigenvalue weighted by molar-refractivity contribution is -0.143. The van der Waals surface area contributed by atoms with Crippen LogP contribution in [-0.2, 0) is 40.3 Å². The summed E-state index contributed by atoms with van der Waals surface area (Å²) in [5.41, 5.74) is 4.97. The van der Waals surface area contributed by atoms with E-state index in [1.165, 1.54) is 22.2 Å². The maximum Gasteiger partial charge on any atom is 0.305 e. The van der Waals surface area contributed by atoms with E-state index in [9.17, 15) is 9.59 Å². The van der Waals surface area contributed by atoms with Crippen molar-refractivity contribution >= 4 is 22.9 Å². The largest absolute Gasteiger partial charge is 0.466 e. The maximum absolute atomic E-state index is 12.9. The van der Waals surface area contributed by atoms with Gasteiger partial charge in [-0.15, -0.1) is 0 Å². The van der Waals surface area contributed by atoms with Crippen LogP contribution in [0.4, 0.5) is 0 Å². The summed E-state index contributed by atoms with van der Waals surface area (Å²) in [6.45, 7) is 4.55. The number of carbonyl (C=O) groups is 2. The lowest BCUT2D eigenvalue weighted by Crippen LogP contribution is -2.36. The minimum Gasteiger partial charge on any atom is -0.466 e. The maximum atomic E-state index is 12.9. The summed E-state index contributed by atoms with van der Waals surface area (Å²) in [4.78, 5) is 31.1. The molecule has 0 fully saturated rings. The Kier molecular flexibility index (Phi) is 8.34. The number of amides is 1. The third-order valence-electron chi connectivity index (χ3n) is 6.63. The highest BCUT2D eigenvalue weighted by Gasteiger charge is 2.26. The summed E-state index contributed by atoms with van der Waals surface area (Å²) in [7, 11) is 0. The van der Waals surface area contributed by atoms with E-state index in [-0.39, 0.29) is 11.9 Å². The van der Waals surface area contributed by atoms with Gasteiger partial charge in [0.1, 0.15) is 5.65 Å². The number of ether oxygens (including phenoxy) is 1. The smallest absolute Gasteiger partial charge is 0.305 e. The van der Waals surface area contributed by atoms with E-state index in [4.69, 9.17) is 9.72 Å². The first-order chi connectivity index (χ1) is 16.7. The Morgan fingerprint density at radius 3 is 2.65 bits per heavy atom. The number of carbonyl (C=O) groups excluding carboxylic acids is 2. The monoisotopic (exact) mass is 461 g/mol. The Morgan fingerprint density at radius 1 is 1.00 bits per heavy atom. The first kappa shape index (κ1) is 24.0. The van der Waals surface area contributed by atoms with Crippen molar-refractivity contribution in [3.8, 4) is 0 Å². The van der Waals surface area contributed by atoms with E-state index in [1.54, 1.807) is 0 Å². The van der Waals surface area contributed by atoms with Gasteiger partial charge >= 0.3 is 5.97 Å². The van der Waals surface area contributed by atoms with Crippen molar-refractivity contribution in [2.75, 3.05) is 13.2 Å². The van der Waals surface area contributed by atoms with Crippen LogP contribution in [0.2, 0.25) is 0 Å². The van der Waals surface area contributed by atoms with E-state index in [0.29, 0.717) is 26.0 Å². The number of esters is 1. The third kappa shape index (κ3) is 5.85. The molecule has 0 N–H and O–H groups in total. The van der Waals surface area contributed by atoms with E-state index in [1.807, 2.05) is 24.1 Å². The molecule has 3 heterocycles. The van der Waals surface area contributed by atoms with Gasteiger partial charge in [-0.1, -0.05) is 36.8 Å². The van der Waals surface area contributed by atoms with Crippen LogP contribution in [0.15, 0.2) is 48.7 Å². The highest BCUT2D eigenvalue weighted by atomic mass is 16.5. The van der Waals surface area contributed by atoms with E-state index >= 15 is 0 Å². The van der Waals surface area contributed by atoms with Crippen molar-refractivity contribution in [3.05, 3.63) is 65.5 Å². The van der Waals surface area contributed by atoms with Crippen molar-refractivity contribution in [2.24, 2.45) is 0 Å². The van der Waals surface area contributed by atoms with Crippen LogP contribution >= 0.6 is 0 Å². The molecule has 0 atom stereocenters. The normalized spacial score (nSPS) is 13.1. The summed E-state index contributed by atoms with van der Waals surface area (Å²) in [6.07, 6.45) is 8.21. The summed E-state index contributed by atoms with van der Waals surface area (Å²) >= 11 is 0. The van der Waals surface area contributed by atoms with E-state index in [2.05, 4.69) is 41.0 Å². The van der Waals surface area contributed by atoms with Crippen LogP contribution in [0.5, 0.6) is 0 Å². The first-order valence-electron chi connectivity index (χ1n) is 12.6. The molecule has 6 heteroatoms. The predicted octanol–water partition coefficient (Wildman–Crippen LogP) is 5.07. The number of rotatable bonds is 11. The minimum atomic E-state index is -0.147. The van der Waals surface area contributed by atoms with Crippen LogP contribution in [0.1, 0.15) is 62.3 Å². The number of unbranched alkanes of at least 4 members (excludes halogenated alkanes) is 2. The number of benzene rings is 1. The zero-order chi connectivity index (χ0) is 23.8. The minimum absolute atomic E-state index is 0.147. The fraction of sp³-hybridized carbons (Fsp3) is 0.464. The third-order valence-corrected chi connectivity index (χ3v) is 6.63. The fourth-order valence-electron chi connectivity index (χ4n) is 4.91. The van der Waals surface area contributed by atoms with Gasteiger partial charge in [-0.05, 0) is 62.3 Å². The average Bonchev–Trinajstić information content (AvgIpc) is 3.17. The number of pyridine rings is 1. The second-order valence-electron chi connectivity index (χ2n) is 8.97. The molecule has 1 amide bonds. The summed E-state index contributed by atoms with van der Waals surface area (Å²) in [5, 5.41) is 1.23. The van der Waals surface area contributed by atoms with E-state index in [0.717, 1.165) is 57.3 Å². The number of nitrogens with zero attached hydrogens (tertiary/aromatic N) is 3. The van der Waals surface area contributed by atoms with Crippen LogP contribution in [0, 0.1) is 0 Å². The number of fused-ring (bicyclic) bond motifs is 3. The first-order valence-corrected chi connectivity index (χ1v) is 12.6. The highest BCUT2D eigenvalue weighted by molar-refractivity contribution is 5.83. The van der Waals surface area contributed by atoms with Crippen molar-refractivity contribution in [3.63, 3.8) is 0 Å². The second kappa shape index (κ2) is 11.8. The highest BCUT2D eigenvalue weighted by Crippen LogP contribution is 2.30. The van der Waals surface area contributed by atoms with Gasteiger partial charge in [-0.25, -0.2) is 4.98 Å². The van der Waals surface area contributed by atoms with Crippen LogP contribution in [0.25, 0.3) is 11.0 Å². The Balaban J connectivity index is 1.37. The topological polar surface area (TPSA) is 64.4 Å². The Bertz CT molecular complexity index is 1110. The molecule has 3 aromatic rings. The van der Waals surface area contributed by atoms with Crippen LogP contribution < -0.4 is 0 Å². The molecule has 0 bridgehead atoms. The molecule has 34 heavy (non-hydrogen) atoms. The number of aromatic nitrogens is 2. The van der Waals surface area contributed by atoms with Crippen molar-refractivity contribution < 1.29 is 14.3 Å². The molecule has 6 nitrogen and oxygen atoms in total. The molecule has 1 aromatic carbocycles. The van der Waals surface area contributed by atoms with Gasteiger partial charge in [-0.2, -0.15) is 0 Å². The zero-order valence-corrected chi connectivity index (χ0v) is 20.2. The summed E-state index contributed by atoms with van der Waals surface area (Å²) in [6, 6.07) is 14.7. The molecule has 0 unspecified atom stereocenters. The van der Waals surface area contributed by atoms with Gasteiger partial charge in [0.25, 0.3) is 0 Å². The lowest BCUT2D eigenvalue weighted by atomic mass is 10.0. The Hall–Kier alpha value is -3.15. The van der Waals surface area contributed by atoms with Gasteiger partial charge in [0.05, 0.1) is 13.2 Å². The average molecular weight is 462 g/mol. The van der Waals surface area contributed by atoms with Crippen molar-refractivity contribution in [1.29, 1.82) is 0 Å². The molecular weight excluding hydrogens is 426 g/mol. The Labute approximate surface area is 201 Å². The molecule has 0 saturated carbocycles. The molecule has 2 aromatic heterocycles. The second-order valence-corrected chi connectivity index (χ2v) is 8.97. The quantitative estimate of drug-likeness (QED) is 0.295. The molecular formula is C28H35N3O3. The Morgan fingerprint density at radius 2 is 1.82 bits per heavy atom. The molecule has 0 saturated heterocycles. The number of aryl methyl sites for hydroxylation is 2. The molecule has 1 aliphatic heterocycles. The van der Waals surface area contributed by atoms with E-state index < -0.39 is 0 Å². The zero-order valence-electron chi connectivity index (χ0n) is 20.2. The van der Waals surface area contributed by atoms with Crippen molar-refractivity contribution in [1.82, 2.24) is 14.5 Å². The standard InChI is InChI=1S/C28H35N3O3/c1-2-34-27(33)16-8-4-7-15-26(32)30-20-17-23-24-14-9-18-29-28(24)31(25(23)21-30)19-10-13-22-11-5-3-6-12-22/h3,5-6,9,11-12,14,18H,2,4,7-8,10,13,15-17,19-21H2,1H3. The van der Waals surface area contributed by atoms with Gasteiger partial charge in [-0.3, -0.25) is 9.59 Å². The molecule has 0 radical (unpaired) electrons. The van der Waals surface area contributed by atoms with Gasteiger partial charge in [0.2, 0.25) is 5.91 Å². The van der Waals surface area contributed by atoms with Crippen LogP contribution in [-0.4, -0.2) is 39.5 Å². The van der Waals surface area contributed by atoms with Gasteiger partial charge < -0.3 is 14.2 Å². The van der Waals surface area contributed by atoms with Gasteiger partial charge in [0, 0.05) is 43.2 Å². The molecule has 0 aliphatic carbocycles.